The van der Waals surface area contributed by atoms with E-state index >= 15 is 0 Å². The lowest BCUT2D eigenvalue weighted by molar-refractivity contribution is -0.139. The van der Waals surface area contributed by atoms with Gasteiger partial charge in [0.15, 0.2) is 0 Å². The lowest BCUT2D eigenvalue weighted by Gasteiger charge is -2.26. The third-order valence-corrected chi connectivity index (χ3v) is 6.78. The minimum atomic E-state index is -4.80. The Morgan fingerprint density at radius 1 is 1.13 bits per heavy atom. The summed E-state index contributed by atoms with van der Waals surface area (Å²) in [6.45, 7) is 3.61. The van der Waals surface area contributed by atoms with E-state index in [4.69, 9.17) is 0 Å². The molecule has 1 amide bonds. The second-order valence-electron chi connectivity index (χ2n) is 7.26. The molecule has 166 valence electrons. The zero-order valence-electron chi connectivity index (χ0n) is 17.0. The number of sulfonamides is 1. The van der Waals surface area contributed by atoms with Crippen molar-refractivity contribution in [3.63, 3.8) is 0 Å². The number of hydrazone groups is 1. The molecule has 1 heterocycles. The van der Waals surface area contributed by atoms with E-state index in [2.05, 4.69) is 10.5 Å². The van der Waals surface area contributed by atoms with Gasteiger partial charge in [-0.1, -0.05) is 38.1 Å². The third kappa shape index (κ3) is 4.73. The van der Waals surface area contributed by atoms with Crippen LogP contribution in [0.15, 0.2) is 58.5 Å². The molecule has 1 aliphatic heterocycles. The summed E-state index contributed by atoms with van der Waals surface area (Å²) < 4.78 is 67.7. The number of anilines is 1. The molecule has 10 heteroatoms. The van der Waals surface area contributed by atoms with Crippen LogP contribution in [0.5, 0.6) is 0 Å². The van der Waals surface area contributed by atoms with Crippen LogP contribution in [0.25, 0.3) is 0 Å². The van der Waals surface area contributed by atoms with Gasteiger partial charge in [0, 0.05) is 18.9 Å². The van der Waals surface area contributed by atoms with Gasteiger partial charge in [-0.25, -0.2) is 13.8 Å². The molecule has 0 radical (unpaired) electrons. The van der Waals surface area contributed by atoms with Crippen molar-refractivity contribution in [1.82, 2.24) is 5.43 Å². The van der Waals surface area contributed by atoms with E-state index in [1.807, 2.05) is 6.92 Å². The fourth-order valence-electron chi connectivity index (χ4n) is 3.44. The predicted octanol–water partition coefficient (Wildman–Crippen LogP) is 4.17. The van der Waals surface area contributed by atoms with Crippen molar-refractivity contribution in [3.05, 3.63) is 59.7 Å². The molecule has 6 nitrogen and oxygen atoms in total. The zero-order chi connectivity index (χ0) is 22.8. The van der Waals surface area contributed by atoms with E-state index in [0.29, 0.717) is 17.7 Å². The maximum absolute atomic E-state index is 13.4. The molecule has 0 saturated carbocycles. The first-order valence-electron chi connectivity index (χ1n) is 9.71. The quantitative estimate of drug-likeness (QED) is 0.713. The Labute approximate surface area is 178 Å². The van der Waals surface area contributed by atoms with E-state index in [0.717, 1.165) is 22.5 Å². The van der Waals surface area contributed by atoms with Gasteiger partial charge in [-0.3, -0.25) is 9.10 Å². The highest BCUT2D eigenvalue weighted by atomic mass is 32.2. The first-order valence-corrected chi connectivity index (χ1v) is 11.2. The number of benzene rings is 2. The van der Waals surface area contributed by atoms with E-state index in [1.165, 1.54) is 18.2 Å². The van der Waals surface area contributed by atoms with Crippen LogP contribution in [0.1, 0.15) is 37.8 Å². The number of rotatable bonds is 6. The third-order valence-electron chi connectivity index (χ3n) is 4.90. The normalized spacial score (nSPS) is 17.1. The Morgan fingerprint density at radius 2 is 1.77 bits per heavy atom. The highest BCUT2D eigenvalue weighted by molar-refractivity contribution is 7.92. The first-order chi connectivity index (χ1) is 14.6. The van der Waals surface area contributed by atoms with E-state index in [-0.39, 0.29) is 30.5 Å². The summed E-state index contributed by atoms with van der Waals surface area (Å²) in [5, 5.41) is 4.07. The summed E-state index contributed by atoms with van der Waals surface area (Å²) in [6.07, 6.45) is -4.11. The summed E-state index contributed by atoms with van der Waals surface area (Å²) >= 11 is 0. The van der Waals surface area contributed by atoms with Crippen molar-refractivity contribution in [3.8, 4) is 0 Å². The first kappa shape index (κ1) is 22.8. The molecular weight excluding hydrogens is 431 g/mol. The van der Waals surface area contributed by atoms with Gasteiger partial charge in [-0.2, -0.15) is 18.3 Å². The molecule has 0 spiro atoms. The molecule has 0 fully saturated rings. The van der Waals surface area contributed by atoms with Crippen LogP contribution < -0.4 is 9.73 Å². The molecule has 0 saturated heterocycles. The Kier molecular flexibility index (Phi) is 6.40. The summed E-state index contributed by atoms with van der Waals surface area (Å²) in [4.78, 5) is 10.7. The monoisotopic (exact) mass is 453 g/mol. The summed E-state index contributed by atoms with van der Waals surface area (Å²) in [7, 11) is -4.46. The molecule has 0 bridgehead atoms. The molecule has 1 unspecified atom stereocenters. The minimum Gasteiger partial charge on any atom is -0.273 e. The van der Waals surface area contributed by atoms with Gasteiger partial charge in [0.25, 0.3) is 10.0 Å². The largest absolute Gasteiger partial charge is 0.417 e. The Bertz CT molecular complexity index is 1100. The Hall–Kier alpha value is -2.88. The van der Waals surface area contributed by atoms with Gasteiger partial charge in [0.2, 0.25) is 5.91 Å². The second-order valence-corrected chi connectivity index (χ2v) is 9.09. The highest BCUT2D eigenvalue weighted by Crippen LogP contribution is 2.36. The minimum absolute atomic E-state index is 0.0152. The number of carbonyl (C=O) groups excluding carboxylic acids is 1. The molecule has 1 atom stereocenters. The molecule has 0 aliphatic carbocycles. The van der Waals surface area contributed by atoms with E-state index in [9.17, 15) is 26.4 Å². The van der Waals surface area contributed by atoms with Crippen LogP contribution in [0.2, 0.25) is 0 Å². The van der Waals surface area contributed by atoms with Crippen molar-refractivity contribution in [2.75, 3.05) is 10.8 Å². The highest BCUT2D eigenvalue weighted by Gasteiger charge is 2.38. The van der Waals surface area contributed by atoms with Crippen LogP contribution in [-0.2, 0) is 21.0 Å². The lowest BCUT2D eigenvalue weighted by Crippen LogP contribution is -2.33. The number of halogens is 3. The lowest BCUT2D eigenvalue weighted by atomic mass is 9.94. The average molecular weight is 453 g/mol. The number of carbonyl (C=O) groups is 1. The van der Waals surface area contributed by atoms with Gasteiger partial charge < -0.3 is 0 Å². The molecule has 3 rings (SSSR count). The predicted molar refractivity (Wildman–Crippen MR) is 111 cm³/mol. The number of hydrogen-bond acceptors (Lipinski definition) is 4. The molecule has 2 aromatic carbocycles. The zero-order valence-corrected chi connectivity index (χ0v) is 17.8. The van der Waals surface area contributed by atoms with Crippen molar-refractivity contribution in [2.24, 2.45) is 11.0 Å². The van der Waals surface area contributed by atoms with Gasteiger partial charge in [-0.05, 0) is 36.2 Å². The van der Waals surface area contributed by atoms with Crippen LogP contribution in [-0.4, -0.2) is 26.6 Å². The SMILES string of the molecule is CCCN(c1ccc(C2=NNC(=O)CC2C)cc1)S(=O)(=O)c1ccccc1C(F)(F)F. The average Bonchev–Trinajstić information content (AvgIpc) is 2.71. The number of hydrogen-bond donors (Lipinski definition) is 1. The number of nitrogens with one attached hydrogen (secondary N) is 1. The number of nitrogens with zero attached hydrogens (tertiary/aromatic N) is 2. The van der Waals surface area contributed by atoms with Gasteiger partial charge >= 0.3 is 6.18 Å². The smallest absolute Gasteiger partial charge is 0.273 e. The maximum Gasteiger partial charge on any atom is 0.417 e. The molecule has 1 N–H and O–H groups in total. The molecule has 1 aliphatic rings. The van der Waals surface area contributed by atoms with Crippen molar-refractivity contribution in [1.29, 1.82) is 0 Å². The van der Waals surface area contributed by atoms with Crippen molar-refractivity contribution in [2.45, 2.75) is 37.8 Å². The Morgan fingerprint density at radius 3 is 2.35 bits per heavy atom. The summed E-state index contributed by atoms with van der Waals surface area (Å²) in [6, 6.07) is 10.5. The van der Waals surface area contributed by atoms with Crippen molar-refractivity contribution >= 4 is 27.3 Å². The fourth-order valence-corrected chi connectivity index (χ4v) is 5.21. The maximum atomic E-state index is 13.4. The van der Waals surface area contributed by atoms with Crippen LogP contribution in [0.4, 0.5) is 18.9 Å². The Balaban J connectivity index is 2.01. The van der Waals surface area contributed by atoms with E-state index < -0.39 is 26.7 Å². The molecule has 0 aromatic heterocycles. The molecule has 2 aromatic rings. The molecular formula is C21H22F3N3O3S. The van der Waals surface area contributed by atoms with Crippen LogP contribution >= 0.6 is 0 Å². The second kappa shape index (κ2) is 8.70. The van der Waals surface area contributed by atoms with E-state index in [1.54, 1.807) is 19.1 Å². The van der Waals surface area contributed by atoms with Gasteiger partial charge in [0.1, 0.15) is 0 Å². The number of alkyl halides is 3. The summed E-state index contributed by atoms with van der Waals surface area (Å²) in [5.74, 6) is -0.301. The summed E-state index contributed by atoms with van der Waals surface area (Å²) in [5.41, 5.74) is 2.81. The topological polar surface area (TPSA) is 78.8 Å². The number of amides is 1. The van der Waals surface area contributed by atoms with Crippen LogP contribution in [0.3, 0.4) is 0 Å². The van der Waals surface area contributed by atoms with Gasteiger partial charge in [-0.15, -0.1) is 0 Å². The van der Waals surface area contributed by atoms with Crippen molar-refractivity contribution < 1.29 is 26.4 Å². The van der Waals surface area contributed by atoms with Gasteiger partial charge in [0.05, 0.1) is 21.9 Å². The standard InChI is InChI=1S/C21H22F3N3O3S/c1-3-12-27(31(29,30)18-7-5-4-6-17(18)21(22,23)24)16-10-8-15(9-11-16)20-14(2)13-19(28)25-26-20/h4-11,14H,3,12-13H2,1-2H3,(H,25,28). The fraction of sp³-hybridized carbons (Fsp3) is 0.333. The molecule has 31 heavy (non-hydrogen) atoms. The van der Waals surface area contributed by atoms with Crippen LogP contribution in [0, 0.1) is 5.92 Å².